The smallest absolute Gasteiger partial charge is 0.261 e. The highest BCUT2D eigenvalue weighted by molar-refractivity contribution is 6.24. The third-order valence-corrected chi connectivity index (χ3v) is 5.50. The molecule has 2 aliphatic rings. The molecule has 2 aliphatic heterocycles. The lowest BCUT2D eigenvalue weighted by atomic mass is 10.1. The second kappa shape index (κ2) is 8.66. The number of benzene rings is 3. The quantitative estimate of drug-likeness (QED) is 0.605. The van der Waals surface area contributed by atoms with Gasteiger partial charge in [0, 0.05) is 18.3 Å². The second-order valence-electron chi connectivity index (χ2n) is 7.64. The van der Waals surface area contributed by atoms with Crippen LogP contribution in [-0.2, 0) is 16.1 Å². The fourth-order valence-corrected chi connectivity index (χ4v) is 3.91. The first-order valence-electron chi connectivity index (χ1n) is 10.6. The van der Waals surface area contributed by atoms with Crippen LogP contribution in [-0.4, -0.2) is 37.0 Å². The van der Waals surface area contributed by atoms with Gasteiger partial charge in [0.15, 0.2) is 17.5 Å². The standard InChI is InChI=1S/C25H21N3O5/c29-23(26-15-16-6-2-1-3-7-16)22-24(30)27-19-9-5-4-8-18(19)25(31)28(22)17-10-11-20-21(14-17)33-13-12-32-20/h1-11,14,22H,12-13,15H2,(H,26,29)(H,27,30). The summed E-state index contributed by atoms with van der Waals surface area (Å²) < 4.78 is 11.2. The lowest BCUT2D eigenvalue weighted by Gasteiger charge is -2.29. The van der Waals surface area contributed by atoms with Gasteiger partial charge in [0.25, 0.3) is 17.7 Å². The van der Waals surface area contributed by atoms with E-state index in [1.807, 2.05) is 30.3 Å². The third-order valence-electron chi connectivity index (χ3n) is 5.50. The highest BCUT2D eigenvalue weighted by atomic mass is 16.6. The molecular weight excluding hydrogens is 422 g/mol. The van der Waals surface area contributed by atoms with Crippen LogP contribution in [0.2, 0.25) is 0 Å². The molecule has 2 N–H and O–H groups in total. The Hall–Kier alpha value is -4.33. The van der Waals surface area contributed by atoms with Crippen LogP contribution in [0.4, 0.5) is 11.4 Å². The molecule has 0 spiro atoms. The summed E-state index contributed by atoms with van der Waals surface area (Å²) in [5.74, 6) is -0.670. The molecule has 8 heteroatoms. The van der Waals surface area contributed by atoms with E-state index in [1.54, 1.807) is 42.5 Å². The molecule has 0 saturated carbocycles. The Kier molecular flexibility index (Phi) is 5.40. The van der Waals surface area contributed by atoms with Crippen molar-refractivity contribution in [2.75, 3.05) is 23.4 Å². The van der Waals surface area contributed by atoms with Gasteiger partial charge >= 0.3 is 0 Å². The molecule has 2 heterocycles. The van der Waals surface area contributed by atoms with Crippen molar-refractivity contribution in [2.24, 2.45) is 0 Å². The van der Waals surface area contributed by atoms with E-state index in [0.717, 1.165) is 5.56 Å². The number of anilines is 2. The molecule has 166 valence electrons. The van der Waals surface area contributed by atoms with Gasteiger partial charge in [0.2, 0.25) is 0 Å². The Balaban J connectivity index is 1.54. The first-order valence-corrected chi connectivity index (χ1v) is 10.6. The van der Waals surface area contributed by atoms with Crippen molar-refractivity contribution in [3.63, 3.8) is 0 Å². The molecule has 0 radical (unpaired) electrons. The lowest BCUT2D eigenvalue weighted by molar-refractivity contribution is -0.128. The van der Waals surface area contributed by atoms with Crippen molar-refractivity contribution in [3.05, 3.63) is 83.9 Å². The molecule has 5 rings (SSSR count). The SMILES string of the molecule is O=C(NCc1ccccc1)C1C(=O)Nc2ccccc2C(=O)N1c1ccc2c(c1)OCCO2. The second-order valence-corrected chi connectivity index (χ2v) is 7.64. The number of rotatable bonds is 4. The van der Waals surface area contributed by atoms with Gasteiger partial charge in [-0.15, -0.1) is 0 Å². The highest BCUT2D eigenvalue weighted by Gasteiger charge is 2.41. The van der Waals surface area contributed by atoms with Crippen molar-refractivity contribution in [3.8, 4) is 11.5 Å². The molecule has 1 unspecified atom stereocenters. The van der Waals surface area contributed by atoms with Crippen LogP contribution in [0, 0.1) is 0 Å². The van der Waals surface area contributed by atoms with Crippen molar-refractivity contribution >= 4 is 29.1 Å². The van der Waals surface area contributed by atoms with Gasteiger partial charge in [0.05, 0.1) is 11.3 Å². The van der Waals surface area contributed by atoms with E-state index in [1.165, 1.54) is 4.90 Å². The predicted octanol–water partition coefficient (Wildman–Crippen LogP) is 2.74. The normalized spacial score (nSPS) is 17.0. The summed E-state index contributed by atoms with van der Waals surface area (Å²) >= 11 is 0. The van der Waals surface area contributed by atoms with E-state index in [-0.39, 0.29) is 6.54 Å². The molecule has 3 aromatic rings. The molecule has 3 amide bonds. The fraction of sp³-hybridized carbons (Fsp3) is 0.160. The van der Waals surface area contributed by atoms with Gasteiger partial charge in [0.1, 0.15) is 13.2 Å². The van der Waals surface area contributed by atoms with Crippen molar-refractivity contribution in [2.45, 2.75) is 12.6 Å². The summed E-state index contributed by atoms with van der Waals surface area (Å²) in [6.45, 7) is 1.02. The predicted molar refractivity (Wildman–Crippen MR) is 121 cm³/mol. The fourth-order valence-electron chi connectivity index (χ4n) is 3.91. The van der Waals surface area contributed by atoms with Gasteiger partial charge in [-0.2, -0.15) is 0 Å². The van der Waals surface area contributed by atoms with E-state index < -0.39 is 23.8 Å². The van der Waals surface area contributed by atoms with E-state index >= 15 is 0 Å². The first kappa shape index (κ1) is 20.6. The summed E-state index contributed by atoms with van der Waals surface area (Å²) in [6.07, 6.45) is 0. The number of carbonyl (C=O) groups is 3. The Labute approximate surface area is 190 Å². The molecular formula is C25H21N3O5. The van der Waals surface area contributed by atoms with Crippen LogP contribution in [0.15, 0.2) is 72.8 Å². The van der Waals surface area contributed by atoms with Gasteiger partial charge in [-0.05, 0) is 29.8 Å². The maximum absolute atomic E-state index is 13.6. The van der Waals surface area contributed by atoms with E-state index in [9.17, 15) is 14.4 Å². The van der Waals surface area contributed by atoms with Crippen molar-refractivity contribution < 1.29 is 23.9 Å². The minimum absolute atomic E-state index is 0.222. The largest absolute Gasteiger partial charge is 0.486 e. The zero-order valence-corrected chi connectivity index (χ0v) is 17.6. The van der Waals surface area contributed by atoms with Crippen molar-refractivity contribution in [1.29, 1.82) is 0 Å². The van der Waals surface area contributed by atoms with Gasteiger partial charge in [-0.25, -0.2) is 0 Å². The molecule has 0 saturated heterocycles. The Morgan fingerprint density at radius 3 is 2.48 bits per heavy atom. The van der Waals surface area contributed by atoms with Gasteiger partial charge in [-0.1, -0.05) is 42.5 Å². The van der Waals surface area contributed by atoms with Gasteiger partial charge in [-0.3, -0.25) is 19.3 Å². The van der Waals surface area contributed by atoms with Gasteiger partial charge < -0.3 is 20.1 Å². The molecule has 1 atom stereocenters. The van der Waals surface area contributed by atoms with E-state index in [0.29, 0.717) is 41.7 Å². The van der Waals surface area contributed by atoms with Crippen LogP contribution in [0.25, 0.3) is 0 Å². The lowest BCUT2D eigenvalue weighted by Crippen LogP contribution is -2.54. The summed E-state index contributed by atoms with van der Waals surface area (Å²) in [4.78, 5) is 41.3. The Morgan fingerprint density at radius 1 is 0.939 bits per heavy atom. The zero-order valence-electron chi connectivity index (χ0n) is 17.6. The van der Waals surface area contributed by atoms with E-state index in [2.05, 4.69) is 10.6 Å². The summed E-state index contributed by atoms with van der Waals surface area (Å²) in [7, 11) is 0. The minimum Gasteiger partial charge on any atom is -0.486 e. The monoisotopic (exact) mass is 443 g/mol. The zero-order chi connectivity index (χ0) is 22.8. The Morgan fingerprint density at radius 2 is 1.67 bits per heavy atom. The average Bonchev–Trinajstić information content (AvgIpc) is 2.96. The third kappa shape index (κ3) is 3.98. The number of nitrogens with one attached hydrogen (secondary N) is 2. The molecule has 0 bridgehead atoms. The number of carbonyl (C=O) groups excluding carboxylic acids is 3. The maximum Gasteiger partial charge on any atom is 0.261 e. The summed E-state index contributed by atoms with van der Waals surface area (Å²) in [5.41, 5.74) is 1.88. The Bertz CT molecular complexity index is 1230. The van der Waals surface area contributed by atoms with Crippen LogP contribution < -0.4 is 25.0 Å². The average molecular weight is 443 g/mol. The highest BCUT2D eigenvalue weighted by Crippen LogP contribution is 2.36. The molecule has 8 nitrogen and oxygen atoms in total. The van der Waals surface area contributed by atoms with Crippen LogP contribution >= 0.6 is 0 Å². The number of ether oxygens (including phenoxy) is 2. The molecule has 0 aromatic heterocycles. The number of amides is 3. The number of hydrogen-bond acceptors (Lipinski definition) is 5. The number of para-hydroxylation sites is 1. The molecule has 0 fully saturated rings. The van der Waals surface area contributed by atoms with Crippen LogP contribution in [0.3, 0.4) is 0 Å². The van der Waals surface area contributed by atoms with Crippen LogP contribution in [0.1, 0.15) is 15.9 Å². The van der Waals surface area contributed by atoms with Crippen molar-refractivity contribution in [1.82, 2.24) is 5.32 Å². The summed E-state index contributed by atoms with van der Waals surface area (Å²) in [5, 5.41) is 5.51. The number of nitrogens with zero attached hydrogens (tertiary/aromatic N) is 1. The topological polar surface area (TPSA) is 97.0 Å². The summed E-state index contributed by atoms with van der Waals surface area (Å²) in [6, 6.07) is 19.5. The first-order chi connectivity index (χ1) is 16.1. The van der Waals surface area contributed by atoms with E-state index in [4.69, 9.17) is 9.47 Å². The molecule has 0 aliphatic carbocycles. The number of hydrogen-bond donors (Lipinski definition) is 2. The minimum atomic E-state index is -1.42. The maximum atomic E-state index is 13.6. The van der Waals surface area contributed by atoms with Crippen LogP contribution in [0.5, 0.6) is 11.5 Å². The molecule has 33 heavy (non-hydrogen) atoms. The number of fused-ring (bicyclic) bond motifs is 2. The molecule has 3 aromatic carbocycles.